The van der Waals surface area contributed by atoms with Gasteiger partial charge in [-0.05, 0) is 37.9 Å². The highest BCUT2D eigenvalue weighted by atomic mass is 31.2. The van der Waals surface area contributed by atoms with Gasteiger partial charge in [0.2, 0.25) is 0 Å². The Morgan fingerprint density at radius 2 is 2.02 bits per heavy atom. The molecule has 1 aliphatic rings. The van der Waals surface area contributed by atoms with Crippen molar-refractivity contribution < 1.29 is 33.0 Å². The number of unbranched alkanes of at least 4 members (excludes halogenated alkanes) is 1. The number of carbonyl (C=O) groups excluding carboxylic acids is 1. The summed E-state index contributed by atoms with van der Waals surface area (Å²) in [5.41, 5.74) is 4.10. The lowest BCUT2D eigenvalue weighted by atomic mass is 9.98. The minimum atomic E-state index is -4.47. The van der Waals surface area contributed by atoms with E-state index >= 15 is 0 Å². The fraction of sp³-hybridized carbons (Fsp3) is 0.542. The van der Waals surface area contributed by atoms with E-state index < -0.39 is 61.1 Å². The molecule has 15 nitrogen and oxygen atoms in total. The van der Waals surface area contributed by atoms with Crippen LogP contribution in [0.1, 0.15) is 46.8 Å². The van der Waals surface area contributed by atoms with Gasteiger partial charge in [0.05, 0.1) is 19.3 Å². The zero-order chi connectivity index (χ0) is 29.6. The van der Waals surface area contributed by atoms with Crippen molar-refractivity contribution in [2.24, 2.45) is 11.0 Å². The summed E-state index contributed by atoms with van der Waals surface area (Å²) in [4.78, 5) is 41.5. The van der Waals surface area contributed by atoms with Crippen LogP contribution in [-0.4, -0.2) is 51.2 Å². The van der Waals surface area contributed by atoms with Gasteiger partial charge in [0.1, 0.15) is 17.5 Å². The van der Waals surface area contributed by atoms with Crippen LogP contribution in [0, 0.1) is 5.92 Å². The topological polar surface area (TPSA) is 207 Å². The Kier molecular flexibility index (Phi) is 9.96. The Morgan fingerprint density at radius 3 is 2.65 bits per heavy atom. The van der Waals surface area contributed by atoms with E-state index in [-0.39, 0.29) is 12.4 Å². The summed E-state index contributed by atoms with van der Waals surface area (Å²) in [5, 5.41) is 17.2. The minimum Gasteiger partial charge on any atom is -0.464 e. The van der Waals surface area contributed by atoms with E-state index in [1.54, 1.807) is 18.2 Å². The predicted octanol–water partition coefficient (Wildman–Crippen LogP) is 2.98. The Morgan fingerprint density at radius 1 is 1.32 bits per heavy atom. The Labute approximate surface area is 229 Å². The normalized spacial score (nSPS) is 24.1. The van der Waals surface area contributed by atoms with E-state index in [0.29, 0.717) is 6.42 Å². The molecule has 2 heterocycles. The molecule has 0 bridgehead atoms. The number of para-hydroxylation sites is 1. The number of aliphatic hydroxyl groups excluding tert-OH is 1. The van der Waals surface area contributed by atoms with Crippen LogP contribution in [0.2, 0.25) is 0 Å². The van der Waals surface area contributed by atoms with Crippen LogP contribution in [0.3, 0.4) is 0 Å². The van der Waals surface area contributed by atoms with Gasteiger partial charge in [-0.25, -0.2) is 9.36 Å². The number of rotatable bonds is 13. The van der Waals surface area contributed by atoms with Crippen molar-refractivity contribution in [3.63, 3.8) is 0 Å². The van der Waals surface area contributed by atoms with Gasteiger partial charge in [-0.3, -0.25) is 23.7 Å². The van der Waals surface area contributed by atoms with Gasteiger partial charge in [-0.2, -0.15) is 5.09 Å². The highest BCUT2D eigenvalue weighted by molar-refractivity contribution is 7.52. The molecule has 1 aromatic heterocycles. The fourth-order valence-corrected chi connectivity index (χ4v) is 5.65. The summed E-state index contributed by atoms with van der Waals surface area (Å²) in [6.45, 7) is 5.66. The predicted molar refractivity (Wildman–Crippen MR) is 142 cm³/mol. The summed E-state index contributed by atoms with van der Waals surface area (Å²) in [6.07, 6.45) is -0.142. The number of nitrogens with zero attached hydrogens (tertiary/aromatic N) is 4. The highest BCUT2D eigenvalue weighted by Gasteiger charge is 2.55. The van der Waals surface area contributed by atoms with Crippen LogP contribution in [0.15, 0.2) is 57.3 Å². The van der Waals surface area contributed by atoms with Gasteiger partial charge in [0.25, 0.3) is 5.56 Å². The van der Waals surface area contributed by atoms with E-state index in [1.165, 1.54) is 39.1 Å². The van der Waals surface area contributed by atoms with Crippen LogP contribution in [0.4, 0.5) is 0 Å². The van der Waals surface area contributed by atoms with Gasteiger partial charge in [0.15, 0.2) is 5.72 Å². The monoisotopic (exact) mass is 580 g/mol. The minimum absolute atomic E-state index is 0.130. The van der Waals surface area contributed by atoms with E-state index in [1.807, 2.05) is 6.92 Å². The number of ether oxygens (including phenoxy) is 2. The maximum Gasteiger partial charge on any atom is 0.459 e. The molecule has 218 valence electrons. The van der Waals surface area contributed by atoms with Crippen LogP contribution >= 0.6 is 7.75 Å². The van der Waals surface area contributed by atoms with Crippen molar-refractivity contribution in [1.29, 1.82) is 0 Å². The molecule has 5 atom stereocenters. The highest BCUT2D eigenvalue weighted by Crippen LogP contribution is 2.50. The fourth-order valence-electron chi connectivity index (χ4n) is 3.95. The lowest BCUT2D eigenvalue weighted by Gasteiger charge is -2.32. The Balaban J connectivity index is 1.92. The smallest absolute Gasteiger partial charge is 0.459 e. The van der Waals surface area contributed by atoms with E-state index in [9.17, 15) is 29.6 Å². The SMILES string of the molecule is CCCCOC(=O)C(C)(C)NP(=O)(OC[C@@]1(N=[N+]=[N-])O[C@@H](n2ccc(=O)[nH]c2=O)[C@@H](C)[C@@H]1O)Oc1ccccc1. The van der Waals surface area contributed by atoms with Gasteiger partial charge >= 0.3 is 19.4 Å². The maximum absolute atomic E-state index is 14.0. The van der Waals surface area contributed by atoms with Crippen molar-refractivity contribution in [2.75, 3.05) is 13.2 Å². The molecule has 16 heteroatoms. The third kappa shape index (κ3) is 7.19. The van der Waals surface area contributed by atoms with Crippen molar-refractivity contribution in [3.8, 4) is 5.75 Å². The molecular formula is C24H33N6O9P. The molecule has 0 aliphatic carbocycles. The summed E-state index contributed by atoms with van der Waals surface area (Å²) in [6, 6.07) is 9.07. The Bertz CT molecular complexity index is 1390. The first-order valence-corrected chi connectivity index (χ1v) is 14.1. The number of aliphatic hydroxyl groups is 1. The number of azide groups is 1. The summed E-state index contributed by atoms with van der Waals surface area (Å²) in [5.74, 6) is -1.44. The van der Waals surface area contributed by atoms with Gasteiger partial charge in [0, 0.05) is 23.1 Å². The molecule has 0 radical (unpaired) electrons. The van der Waals surface area contributed by atoms with Crippen molar-refractivity contribution in [3.05, 3.63) is 73.9 Å². The van der Waals surface area contributed by atoms with Crippen molar-refractivity contribution >= 4 is 13.7 Å². The number of benzene rings is 1. The molecule has 1 fully saturated rings. The molecule has 1 saturated heterocycles. The lowest BCUT2D eigenvalue weighted by Crippen LogP contribution is -2.48. The van der Waals surface area contributed by atoms with Crippen LogP contribution < -0.4 is 20.9 Å². The van der Waals surface area contributed by atoms with Gasteiger partial charge in [-0.15, -0.1) is 0 Å². The summed E-state index contributed by atoms with van der Waals surface area (Å²) >= 11 is 0. The van der Waals surface area contributed by atoms with E-state index in [2.05, 4.69) is 20.1 Å². The van der Waals surface area contributed by atoms with Crippen molar-refractivity contribution in [1.82, 2.24) is 14.6 Å². The first-order chi connectivity index (χ1) is 18.9. The number of nitrogens with one attached hydrogen (secondary N) is 2. The number of carbonyl (C=O) groups is 1. The molecule has 0 spiro atoms. The second-order valence-electron chi connectivity index (χ2n) is 9.77. The molecular weight excluding hydrogens is 547 g/mol. The van der Waals surface area contributed by atoms with E-state index in [0.717, 1.165) is 17.1 Å². The number of hydrogen-bond donors (Lipinski definition) is 3. The zero-order valence-electron chi connectivity index (χ0n) is 22.6. The number of H-pyrrole nitrogens is 1. The first-order valence-electron chi connectivity index (χ1n) is 12.6. The summed E-state index contributed by atoms with van der Waals surface area (Å²) in [7, 11) is -4.47. The molecule has 0 amide bonds. The average molecular weight is 581 g/mol. The molecule has 1 unspecified atom stereocenters. The molecule has 3 rings (SSSR count). The number of aromatic amines is 1. The van der Waals surface area contributed by atoms with Crippen LogP contribution in [-0.2, 0) is 23.4 Å². The molecule has 1 aliphatic heterocycles. The third-order valence-corrected chi connectivity index (χ3v) is 7.90. The van der Waals surface area contributed by atoms with E-state index in [4.69, 9.17) is 18.5 Å². The van der Waals surface area contributed by atoms with Crippen LogP contribution in [0.5, 0.6) is 5.75 Å². The summed E-state index contributed by atoms with van der Waals surface area (Å²) < 4.78 is 37.5. The maximum atomic E-state index is 14.0. The number of esters is 1. The lowest BCUT2D eigenvalue weighted by molar-refractivity contribution is -0.150. The van der Waals surface area contributed by atoms with Crippen LogP contribution in [0.25, 0.3) is 10.4 Å². The molecule has 2 aromatic rings. The molecule has 1 aromatic carbocycles. The second-order valence-corrected chi connectivity index (χ2v) is 11.4. The molecule has 40 heavy (non-hydrogen) atoms. The molecule has 0 saturated carbocycles. The second kappa shape index (κ2) is 12.8. The van der Waals surface area contributed by atoms with Gasteiger partial charge < -0.3 is 19.1 Å². The number of aromatic nitrogens is 2. The first kappa shape index (κ1) is 31.1. The third-order valence-electron chi connectivity index (χ3n) is 6.14. The quantitative estimate of drug-likeness (QED) is 0.0788. The van der Waals surface area contributed by atoms with Crippen molar-refractivity contribution in [2.45, 2.75) is 64.1 Å². The average Bonchev–Trinajstić information content (AvgIpc) is 3.13. The zero-order valence-corrected chi connectivity index (χ0v) is 23.4. The molecule has 3 N–H and O–H groups in total. The Hall–Kier alpha value is -3.45. The van der Waals surface area contributed by atoms with Gasteiger partial charge in [-0.1, -0.05) is 43.6 Å². The number of hydrogen-bond acceptors (Lipinski definition) is 10. The standard InChI is InChI=1S/C24H33N6O9P/c1-5-6-14-36-21(33)23(3,4)28-40(35,39-17-10-8-7-9-11-17)37-15-24(27-29-25)19(32)16(2)20(38-24)30-13-12-18(31)26-22(30)34/h7-13,16,19-20,32H,5-6,14-15H2,1-4H3,(H,28,35)(H,26,31,34)/t16-,19-,20+,24+,40?/m0/s1. The largest absolute Gasteiger partial charge is 0.464 e.